The molecule has 0 aromatic carbocycles. The van der Waals surface area contributed by atoms with Gasteiger partial charge in [0, 0.05) is 25.6 Å². The molecule has 2 amide bonds. The third-order valence-corrected chi connectivity index (χ3v) is 5.63. The summed E-state index contributed by atoms with van der Waals surface area (Å²) in [6, 6.07) is -0.342. The normalized spacial score (nSPS) is 21.8. The minimum atomic E-state index is -0.907. The van der Waals surface area contributed by atoms with Crippen LogP contribution in [0.4, 0.5) is 0 Å². The van der Waals surface area contributed by atoms with Crippen LogP contribution in [0.15, 0.2) is 0 Å². The molecular weight excluding hydrogens is 370 g/mol. The number of carboxylic acid groups (broad SMARTS) is 1. The van der Waals surface area contributed by atoms with Gasteiger partial charge < -0.3 is 20.6 Å². The SMILES string of the molecule is CCC(CC(=O)O)NC(=O)[C@@H]1CCCN(C(=O)CCC2CCNCC2)C1.Cl. The maximum atomic E-state index is 12.5. The van der Waals surface area contributed by atoms with Crippen molar-refractivity contribution >= 4 is 30.2 Å². The Morgan fingerprint density at radius 3 is 2.56 bits per heavy atom. The lowest BCUT2D eigenvalue weighted by Gasteiger charge is -2.33. The number of carbonyl (C=O) groups is 3. The zero-order chi connectivity index (χ0) is 18.9. The fourth-order valence-corrected chi connectivity index (χ4v) is 3.90. The molecule has 0 saturated carbocycles. The molecule has 8 heteroatoms. The second-order valence-corrected chi connectivity index (χ2v) is 7.62. The lowest BCUT2D eigenvalue weighted by Crippen LogP contribution is -2.48. The highest BCUT2D eigenvalue weighted by atomic mass is 35.5. The molecule has 0 aliphatic carbocycles. The summed E-state index contributed by atoms with van der Waals surface area (Å²) in [5.74, 6) is -0.470. The van der Waals surface area contributed by atoms with E-state index in [4.69, 9.17) is 5.11 Å². The van der Waals surface area contributed by atoms with Crippen molar-refractivity contribution in [2.45, 2.75) is 64.3 Å². The fraction of sp³-hybridized carbons (Fsp3) is 0.842. The summed E-state index contributed by atoms with van der Waals surface area (Å²) in [7, 11) is 0. The van der Waals surface area contributed by atoms with Crippen molar-refractivity contribution in [2.75, 3.05) is 26.2 Å². The molecular formula is C19H34ClN3O4. The summed E-state index contributed by atoms with van der Waals surface area (Å²) >= 11 is 0. The molecule has 2 saturated heterocycles. The van der Waals surface area contributed by atoms with Gasteiger partial charge in [0.25, 0.3) is 0 Å². The maximum absolute atomic E-state index is 12.5. The third-order valence-electron chi connectivity index (χ3n) is 5.63. The highest BCUT2D eigenvalue weighted by Crippen LogP contribution is 2.21. The quantitative estimate of drug-likeness (QED) is 0.574. The van der Waals surface area contributed by atoms with Crippen molar-refractivity contribution in [1.29, 1.82) is 0 Å². The van der Waals surface area contributed by atoms with E-state index in [9.17, 15) is 14.4 Å². The number of amides is 2. The van der Waals surface area contributed by atoms with Crippen molar-refractivity contribution in [3.63, 3.8) is 0 Å². The molecule has 0 bridgehead atoms. The maximum Gasteiger partial charge on any atom is 0.305 e. The summed E-state index contributed by atoms with van der Waals surface area (Å²) in [6.45, 7) is 5.13. The van der Waals surface area contributed by atoms with E-state index in [2.05, 4.69) is 10.6 Å². The number of aliphatic carboxylic acids is 1. The van der Waals surface area contributed by atoms with Crippen LogP contribution in [0, 0.1) is 11.8 Å². The molecule has 2 aliphatic rings. The third kappa shape index (κ3) is 8.05. The van der Waals surface area contributed by atoms with Gasteiger partial charge in [-0.15, -0.1) is 12.4 Å². The Labute approximate surface area is 168 Å². The van der Waals surface area contributed by atoms with Crippen molar-refractivity contribution < 1.29 is 19.5 Å². The van der Waals surface area contributed by atoms with E-state index in [1.807, 2.05) is 11.8 Å². The molecule has 2 atom stereocenters. The smallest absolute Gasteiger partial charge is 0.305 e. The Morgan fingerprint density at radius 1 is 1.22 bits per heavy atom. The van der Waals surface area contributed by atoms with Crippen LogP contribution in [0.2, 0.25) is 0 Å². The number of piperidine rings is 2. The van der Waals surface area contributed by atoms with Crippen LogP contribution in [-0.4, -0.2) is 60.0 Å². The lowest BCUT2D eigenvalue weighted by molar-refractivity contribution is -0.138. The fourth-order valence-electron chi connectivity index (χ4n) is 3.90. The molecule has 2 rings (SSSR count). The van der Waals surface area contributed by atoms with E-state index in [1.54, 1.807) is 0 Å². The molecule has 0 radical (unpaired) electrons. The number of carbonyl (C=O) groups excluding carboxylic acids is 2. The first kappa shape index (κ1) is 23.7. The van der Waals surface area contributed by atoms with E-state index in [0.29, 0.717) is 25.3 Å². The monoisotopic (exact) mass is 403 g/mol. The number of rotatable bonds is 8. The number of hydrogen-bond acceptors (Lipinski definition) is 4. The largest absolute Gasteiger partial charge is 0.481 e. The Kier molecular flexibility index (Phi) is 10.7. The van der Waals surface area contributed by atoms with Gasteiger partial charge in [-0.1, -0.05) is 6.92 Å². The second-order valence-electron chi connectivity index (χ2n) is 7.62. The van der Waals surface area contributed by atoms with Gasteiger partial charge in [0.15, 0.2) is 0 Å². The van der Waals surface area contributed by atoms with E-state index < -0.39 is 5.97 Å². The van der Waals surface area contributed by atoms with Gasteiger partial charge in [-0.3, -0.25) is 14.4 Å². The predicted molar refractivity (Wildman–Crippen MR) is 106 cm³/mol. The molecule has 1 unspecified atom stereocenters. The molecule has 0 spiro atoms. The Morgan fingerprint density at radius 2 is 1.93 bits per heavy atom. The van der Waals surface area contributed by atoms with E-state index in [-0.39, 0.29) is 42.6 Å². The Hall–Kier alpha value is -1.34. The first-order valence-corrected chi connectivity index (χ1v) is 10.00. The van der Waals surface area contributed by atoms with Gasteiger partial charge in [-0.2, -0.15) is 0 Å². The van der Waals surface area contributed by atoms with Crippen molar-refractivity contribution in [1.82, 2.24) is 15.5 Å². The summed E-state index contributed by atoms with van der Waals surface area (Å²) in [6.07, 6.45) is 5.89. The van der Waals surface area contributed by atoms with Gasteiger partial charge in [-0.05, 0) is 57.5 Å². The van der Waals surface area contributed by atoms with E-state index >= 15 is 0 Å². The van der Waals surface area contributed by atoms with Gasteiger partial charge >= 0.3 is 5.97 Å². The minimum absolute atomic E-state index is 0. The number of nitrogens with zero attached hydrogens (tertiary/aromatic N) is 1. The van der Waals surface area contributed by atoms with Crippen molar-refractivity contribution in [2.24, 2.45) is 11.8 Å². The van der Waals surface area contributed by atoms with Crippen LogP contribution in [0.3, 0.4) is 0 Å². The van der Waals surface area contributed by atoms with Gasteiger partial charge in [-0.25, -0.2) is 0 Å². The first-order chi connectivity index (χ1) is 12.5. The van der Waals surface area contributed by atoms with E-state index in [0.717, 1.165) is 51.7 Å². The molecule has 156 valence electrons. The van der Waals surface area contributed by atoms with Crippen LogP contribution < -0.4 is 10.6 Å². The van der Waals surface area contributed by atoms with Gasteiger partial charge in [0.05, 0.1) is 12.3 Å². The standard InChI is InChI=1S/C19H33N3O4.ClH/c1-2-16(12-18(24)25)21-19(26)15-4-3-11-22(13-15)17(23)6-5-14-7-9-20-10-8-14;/h14-16,20H,2-13H2,1H3,(H,21,26)(H,24,25);1H/t15-,16?;/m1./s1. The first-order valence-electron chi connectivity index (χ1n) is 10.00. The average molecular weight is 404 g/mol. The summed E-state index contributed by atoms with van der Waals surface area (Å²) in [5.41, 5.74) is 0. The molecule has 2 aliphatic heterocycles. The molecule has 2 fully saturated rings. The molecule has 0 aromatic heterocycles. The number of likely N-dealkylation sites (tertiary alicyclic amines) is 1. The van der Waals surface area contributed by atoms with E-state index in [1.165, 1.54) is 0 Å². The molecule has 27 heavy (non-hydrogen) atoms. The van der Waals surface area contributed by atoms with Gasteiger partial charge in [0.1, 0.15) is 0 Å². The number of hydrogen-bond donors (Lipinski definition) is 3. The predicted octanol–water partition coefficient (Wildman–Crippen LogP) is 1.80. The molecule has 2 heterocycles. The second kappa shape index (κ2) is 12.2. The topological polar surface area (TPSA) is 98.7 Å². The molecule has 7 nitrogen and oxygen atoms in total. The molecule has 0 aromatic rings. The average Bonchev–Trinajstić information content (AvgIpc) is 2.66. The highest BCUT2D eigenvalue weighted by Gasteiger charge is 2.29. The Bertz CT molecular complexity index is 497. The zero-order valence-corrected chi connectivity index (χ0v) is 17.1. The van der Waals surface area contributed by atoms with Crippen LogP contribution >= 0.6 is 12.4 Å². The van der Waals surface area contributed by atoms with Crippen LogP contribution in [0.5, 0.6) is 0 Å². The van der Waals surface area contributed by atoms with Crippen molar-refractivity contribution in [3.8, 4) is 0 Å². The highest BCUT2D eigenvalue weighted by molar-refractivity contribution is 5.85. The summed E-state index contributed by atoms with van der Waals surface area (Å²) in [4.78, 5) is 37.7. The number of carboxylic acids is 1. The van der Waals surface area contributed by atoms with Crippen molar-refractivity contribution in [3.05, 3.63) is 0 Å². The van der Waals surface area contributed by atoms with Crippen LogP contribution in [0.25, 0.3) is 0 Å². The van der Waals surface area contributed by atoms with Gasteiger partial charge in [0.2, 0.25) is 11.8 Å². The number of halogens is 1. The van der Waals surface area contributed by atoms with Crippen LogP contribution in [0.1, 0.15) is 58.3 Å². The van der Waals surface area contributed by atoms with Crippen LogP contribution in [-0.2, 0) is 14.4 Å². The lowest BCUT2D eigenvalue weighted by atomic mass is 9.92. The summed E-state index contributed by atoms with van der Waals surface area (Å²) < 4.78 is 0. The zero-order valence-electron chi connectivity index (χ0n) is 16.2. The minimum Gasteiger partial charge on any atom is -0.481 e. The Balaban J connectivity index is 0.00000364. The molecule has 3 N–H and O–H groups in total. The summed E-state index contributed by atoms with van der Waals surface area (Å²) in [5, 5.41) is 15.1. The number of nitrogens with one attached hydrogen (secondary N) is 2.